The number of rotatable bonds is 5. The van der Waals surface area contributed by atoms with Crippen LogP contribution in [0.15, 0.2) is 66.1 Å². The largest absolute Gasteiger partial charge is 0.345 e. The number of piperazine rings is 1. The minimum Gasteiger partial charge on any atom is -0.345 e. The monoisotopic (exact) mass is 484 g/mol. The Morgan fingerprint density at radius 1 is 1.09 bits per heavy atom. The maximum Gasteiger partial charge on any atom is 0.257 e. The highest BCUT2D eigenvalue weighted by molar-refractivity contribution is 7.89. The van der Waals surface area contributed by atoms with E-state index in [0.29, 0.717) is 41.3 Å². The molecule has 0 atom stereocenters. The second kappa shape index (κ2) is 8.62. The highest BCUT2D eigenvalue weighted by Crippen LogP contribution is 2.25. The van der Waals surface area contributed by atoms with Gasteiger partial charge >= 0.3 is 0 Å². The van der Waals surface area contributed by atoms with Gasteiger partial charge in [-0.2, -0.15) is 9.40 Å². The third-order valence-electron chi connectivity index (χ3n) is 5.73. The molecule has 1 aliphatic rings. The van der Waals surface area contributed by atoms with Crippen LogP contribution in [0.25, 0.3) is 11.0 Å². The normalized spacial score (nSPS) is 15.2. The number of hydrogen-bond donors (Lipinski definition) is 1. The Labute approximate surface area is 195 Å². The van der Waals surface area contributed by atoms with Gasteiger partial charge in [-0.1, -0.05) is 29.8 Å². The average molecular weight is 485 g/mol. The average Bonchev–Trinajstić information content (AvgIpc) is 3.48. The molecule has 170 valence electrons. The molecule has 1 N–H and O–H groups in total. The first kappa shape index (κ1) is 21.6. The van der Waals surface area contributed by atoms with Crippen LogP contribution in [0.2, 0.25) is 5.02 Å². The molecule has 5 rings (SSSR count). The molecule has 0 bridgehead atoms. The van der Waals surface area contributed by atoms with Crippen LogP contribution in [0.3, 0.4) is 0 Å². The van der Waals surface area contributed by atoms with Crippen molar-refractivity contribution in [1.82, 2.24) is 29.0 Å². The van der Waals surface area contributed by atoms with Crippen LogP contribution < -0.4 is 0 Å². The summed E-state index contributed by atoms with van der Waals surface area (Å²) in [5, 5.41) is 5.48. The molecule has 0 aliphatic carbocycles. The Hall–Kier alpha value is -3.21. The van der Waals surface area contributed by atoms with Crippen LogP contribution in [0.4, 0.5) is 0 Å². The fourth-order valence-corrected chi connectivity index (χ4v) is 5.73. The number of fused-ring (bicyclic) bond motifs is 1. The molecule has 11 heteroatoms. The van der Waals surface area contributed by atoms with E-state index in [9.17, 15) is 13.2 Å². The van der Waals surface area contributed by atoms with E-state index in [2.05, 4.69) is 15.1 Å². The lowest BCUT2D eigenvalue weighted by molar-refractivity contribution is 0.0698. The molecule has 0 saturated carbocycles. The topological polar surface area (TPSA) is 104 Å². The summed E-state index contributed by atoms with van der Waals surface area (Å²) in [7, 11) is -3.70. The smallest absolute Gasteiger partial charge is 0.257 e. The van der Waals surface area contributed by atoms with E-state index in [0.717, 1.165) is 5.56 Å². The maximum absolute atomic E-state index is 13.2. The van der Waals surface area contributed by atoms with Crippen molar-refractivity contribution >= 4 is 38.6 Å². The number of amides is 1. The van der Waals surface area contributed by atoms with Gasteiger partial charge in [0.05, 0.1) is 18.3 Å². The van der Waals surface area contributed by atoms with Gasteiger partial charge in [0.15, 0.2) is 0 Å². The summed E-state index contributed by atoms with van der Waals surface area (Å²) in [5.74, 6) is -0.172. The molecule has 0 spiro atoms. The number of benzene rings is 1. The van der Waals surface area contributed by atoms with Crippen LogP contribution in [-0.2, 0) is 16.6 Å². The summed E-state index contributed by atoms with van der Waals surface area (Å²) in [6, 6.07) is 10.9. The van der Waals surface area contributed by atoms with E-state index in [1.807, 2.05) is 24.3 Å². The molecule has 0 radical (unpaired) electrons. The van der Waals surface area contributed by atoms with Crippen molar-refractivity contribution in [1.29, 1.82) is 0 Å². The summed E-state index contributed by atoms with van der Waals surface area (Å²) < 4.78 is 29.4. The zero-order valence-corrected chi connectivity index (χ0v) is 19.1. The van der Waals surface area contributed by atoms with Gasteiger partial charge in [-0.05, 0) is 23.8 Å². The van der Waals surface area contributed by atoms with Crippen LogP contribution in [0.1, 0.15) is 15.9 Å². The molecule has 1 aromatic carbocycles. The second-order valence-electron chi connectivity index (χ2n) is 7.77. The Bertz CT molecular complexity index is 1420. The zero-order valence-electron chi connectivity index (χ0n) is 17.6. The van der Waals surface area contributed by atoms with Gasteiger partial charge < -0.3 is 9.88 Å². The predicted molar refractivity (Wildman–Crippen MR) is 124 cm³/mol. The van der Waals surface area contributed by atoms with Crippen molar-refractivity contribution in [2.75, 3.05) is 26.2 Å². The van der Waals surface area contributed by atoms with Crippen molar-refractivity contribution < 1.29 is 13.2 Å². The molecule has 33 heavy (non-hydrogen) atoms. The van der Waals surface area contributed by atoms with Crippen LogP contribution in [0, 0.1) is 0 Å². The van der Waals surface area contributed by atoms with E-state index >= 15 is 0 Å². The highest BCUT2D eigenvalue weighted by Gasteiger charge is 2.32. The van der Waals surface area contributed by atoms with E-state index in [4.69, 9.17) is 11.6 Å². The van der Waals surface area contributed by atoms with E-state index in [1.165, 1.54) is 16.7 Å². The lowest BCUT2D eigenvalue weighted by atomic mass is 10.2. The van der Waals surface area contributed by atoms with Gasteiger partial charge in [0.2, 0.25) is 10.0 Å². The molecule has 3 aromatic heterocycles. The first-order valence-electron chi connectivity index (χ1n) is 10.4. The molecule has 1 fully saturated rings. The summed E-state index contributed by atoms with van der Waals surface area (Å²) in [6.07, 6.45) is 6.29. The van der Waals surface area contributed by atoms with Crippen LogP contribution >= 0.6 is 11.6 Å². The fraction of sp³-hybridized carbons (Fsp3) is 0.227. The van der Waals surface area contributed by atoms with Gasteiger partial charge in [0, 0.05) is 55.2 Å². The Balaban J connectivity index is 1.25. The first-order valence-corrected chi connectivity index (χ1v) is 12.2. The van der Waals surface area contributed by atoms with E-state index < -0.39 is 10.0 Å². The number of halogens is 1. The van der Waals surface area contributed by atoms with Crippen molar-refractivity contribution in [2.24, 2.45) is 0 Å². The quantitative estimate of drug-likeness (QED) is 0.469. The fourth-order valence-electron chi connectivity index (χ4n) is 3.96. The Morgan fingerprint density at radius 2 is 1.88 bits per heavy atom. The number of aromatic nitrogens is 4. The number of nitrogens with one attached hydrogen (secondary N) is 1. The molecule has 4 aromatic rings. The molecule has 4 heterocycles. The summed E-state index contributed by atoms with van der Waals surface area (Å²) in [6.45, 7) is 1.49. The van der Waals surface area contributed by atoms with Crippen molar-refractivity contribution in [2.45, 2.75) is 11.4 Å². The van der Waals surface area contributed by atoms with Gasteiger partial charge in [-0.3, -0.25) is 9.48 Å². The molecule has 0 unspecified atom stereocenters. The summed E-state index contributed by atoms with van der Waals surface area (Å²) in [4.78, 5) is 21.9. The van der Waals surface area contributed by atoms with Gasteiger partial charge in [0.1, 0.15) is 10.5 Å². The third-order valence-corrected chi connectivity index (χ3v) is 8.03. The molecular formula is C22H21ClN6O3S. The minimum atomic E-state index is -3.70. The van der Waals surface area contributed by atoms with Crippen LogP contribution in [0.5, 0.6) is 0 Å². The number of carbonyl (C=O) groups is 1. The SMILES string of the molecule is O=C(c1cnn(Cc2ccccc2Cl)c1)N1CCN(S(=O)(=O)c2c[nH]c3ncccc23)CC1. The number of pyridine rings is 1. The first-order chi connectivity index (χ1) is 15.9. The lowest BCUT2D eigenvalue weighted by Crippen LogP contribution is -2.50. The van der Waals surface area contributed by atoms with Gasteiger partial charge in [-0.15, -0.1) is 0 Å². The van der Waals surface area contributed by atoms with E-state index in [-0.39, 0.29) is 23.9 Å². The van der Waals surface area contributed by atoms with Crippen molar-refractivity contribution in [3.63, 3.8) is 0 Å². The summed E-state index contributed by atoms with van der Waals surface area (Å²) >= 11 is 6.21. The number of sulfonamides is 1. The zero-order chi connectivity index (χ0) is 23.0. The maximum atomic E-state index is 13.2. The standard InChI is InChI=1S/C22H21ClN6O3S/c23-19-6-2-1-4-16(19)14-28-15-17(12-26-28)22(30)27-8-10-29(11-9-27)33(31,32)20-13-25-21-18(20)5-3-7-24-21/h1-7,12-13,15H,8-11,14H2,(H,24,25). The lowest BCUT2D eigenvalue weighted by Gasteiger charge is -2.33. The number of hydrogen-bond acceptors (Lipinski definition) is 5. The van der Waals surface area contributed by atoms with Gasteiger partial charge in [-0.25, -0.2) is 13.4 Å². The van der Waals surface area contributed by atoms with E-state index in [1.54, 1.807) is 34.1 Å². The highest BCUT2D eigenvalue weighted by atomic mass is 35.5. The summed E-state index contributed by atoms with van der Waals surface area (Å²) in [5.41, 5.74) is 1.90. The molecule has 1 amide bonds. The Morgan fingerprint density at radius 3 is 2.67 bits per heavy atom. The number of carbonyl (C=O) groups excluding carboxylic acids is 1. The van der Waals surface area contributed by atoms with Crippen LogP contribution in [-0.4, -0.2) is 69.5 Å². The molecule has 1 saturated heterocycles. The predicted octanol–water partition coefficient (Wildman–Crippen LogP) is 2.61. The third kappa shape index (κ3) is 4.12. The van der Waals surface area contributed by atoms with Crippen molar-refractivity contribution in [3.8, 4) is 0 Å². The number of nitrogens with zero attached hydrogens (tertiary/aromatic N) is 5. The van der Waals surface area contributed by atoms with Crippen molar-refractivity contribution in [3.05, 3.63) is 77.3 Å². The van der Waals surface area contributed by atoms with Gasteiger partial charge in [0.25, 0.3) is 5.91 Å². The molecule has 9 nitrogen and oxygen atoms in total. The Kier molecular flexibility index (Phi) is 5.65. The molecular weight excluding hydrogens is 464 g/mol. The number of H-pyrrole nitrogens is 1. The number of aromatic amines is 1. The minimum absolute atomic E-state index is 0.172. The second-order valence-corrected chi connectivity index (χ2v) is 10.1. The molecule has 1 aliphatic heterocycles.